The van der Waals surface area contributed by atoms with Gasteiger partial charge in [0.1, 0.15) is 6.61 Å². The van der Waals surface area contributed by atoms with Gasteiger partial charge in [-0.1, -0.05) is 0 Å². The van der Waals surface area contributed by atoms with E-state index in [2.05, 4.69) is 10.7 Å². The van der Waals surface area contributed by atoms with Gasteiger partial charge < -0.3 is 10.5 Å². The molecule has 0 spiro atoms. The molecule has 14 heavy (non-hydrogen) atoms. The van der Waals surface area contributed by atoms with Crippen molar-refractivity contribution in [3.63, 3.8) is 0 Å². The van der Waals surface area contributed by atoms with E-state index in [0.29, 0.717) is 19.3 Å². The van der Waals surface area contributed by atoms with Gasteiger partial charge >= 0.3 is 6.18 Å². The fourth-order valence-corrected chi connectivity index (χ4v) is 0.836. The molecule has 1 atom stereocenters. The minimum Gasteiger partial charge on any atom is -0.372 e. The average molecular weight is 209 g/mol. The van der Waals surface area contributed by atoms with Gasteiger partial charge in [-0.05, 0) is 12.8 Å². The summed E-state index contributed by atoms with van der Waals surface area (Å²) >= 11 is 0. The molecular formula is C9H14F3NO. The van der Waals surface area contributed by atoms with Crippen LogP contribution in [0, 0.1) is 12.3 Å². The monoisotopic (exact) mass is 209 g/mol. The highest BCUT2D eigenvalue weighted by atomic mass is 19.4. The van der Waals surface area contributed by atoms with E-state index in [4.69, 9.17) is 12.2 Å². The predicted octanol–water partition coefficient (Wildman–Crippen LogP) is 1.70. The van der Waals surface area contributed by atoms with Crippen LogP contribution in [0.1, 0.15) is 19.3 Å². The van der Waals surface area contributed by atoms with Gasteiger partial charge in [-0.25, -0.2) is 0 Å². The topological polar surface area (TPSA) is 35.2 Å². The largest absolute Gasteiger partial charge is 0.411 e. The summed E-state index contributed by atoms with van der Waals surface area (Å²) in [5.41, 5.74) is 5.55. The first-order valence-corrected chi connectivity index (χ1v) is 4.29. The number of alkyl halides is 3. The molecule has 0 saturated heterocycles. The van der Waals surface area contributed by atoms with E-state index in [-0.39, 0.29) is 12.6 Å². The zero-order valence-corrected chi connectivity index (χ0v) is 7.81. The van der Waals surface area contributed by atoms with Crippen molar-refractivity contribution in [2.75, 3.05) is 13.2 Å². The second-order valence-electron chi connectivity index (χ2n) is 2.96. The van der Waals surface area contributed by atoms with Crippen molar-refractivity contribution in [1.29, 1.82) is 0 Å². The predicted molar refractivity (Wildman–Crippen MR) is 47.5 cm³/mol. The van der Waals surface area contributed by atoms with Crippen molar-refractivity contribution in [2.45, 2.75) is 31.5 Å². The Morgan fingerprint density at radius 3 is 2.50 bits per heavy atom. The molecule has 0 aliphatic carbocycles. The normalized spacial score (nSPS) is 13.6. The van der Waals surface area contributed by atoms with Gasteiger partial charge in [-0.3, -0.25) is 0 Å². The van der Waals surface area contributed by atoms with Crippen molar-refractivity contribution >= 4 is 0 Å². The van der Waals surface area contributed by atoms with Crippen LogP contribution < -0.4 is 5.73 Å². The Morgan fingerprint density at radius 2 is 2.00 bits per heavy atom. The Labute approximate surface area is 81.6 Å². The summed E-state index contributed by atoms with van der Waals surface area (Å²) in [4.78, 5) is 0. The first-order valence-electron chi connectivity index (χ1n) is 4.29. The molecule has 1 unspecified atom stereocenters. The average Bonchev–Trinajstić information content (AvgIpc) is 2.07. The number of halogens is 3. The third-order valence-corrected chi connectivity index (χ3v) is 1.56. The molecule has 0 aromatic carbocycles. The van der Waals surface area contributed by atoms with Crippen molar-refractivity contribution in [3.8, 4) is 12.3 Å². The second-order valence-corrected chi connectivity index (χ2v) is 2.96. The molecule has 82 valence electrons. The molecule has 5 heteroatoms. The van der Waals surface area contributed by atoms with Gasteiger partial charge in [-0.15, -0.1) is 12.3 Å². The molecule has 0 radical (unpaired) electrons. The van der Waals surface area contributed by atoms with Crippen LogP contribution in [0.3, 0.4) is 0 Å². The van der Waals surface area contributed by atoms with Crippen LogP contribution in [0.5, 0.6) is 0 Å². The van der Waals surface area contributed by atoms with Gasteiger partial charge in [0.25, 0.3) is 0 Å². The van der Waals surface area contributed by atoms with Gasteiger partial charge in [0.05, 0.1) is 0 Å². The lowest BCUT2D eigenvalue weighted by Crippen LogP contribution is -2.24. The van der Waals surface area contributed by atoms with Crippen molar-refractivity contribution in [2.24, 2.45) is 5.73 Å². The number of hydrogen-bond acceptors (Lipinski definition) is 2. The van der Waals surface area contributed by atoms with Gasteiger partial charge in [0, 0.05) is 19.1 Å². The van der Waals surface area contributed by atoms with Crippen LogP contribution >= 0.6 is 0 Å². The maximum atomic E-state index is 11.6. The quantitative estimate of drug-likeness (QED) is 0.533. The lowest BCUT2D eigenvalue weighted by atomic mass is 10.1. The maximum absolute atomic E-state index is 11.6. The first-order chi connectivity index (χ1) is 6.45. The molecule has 0 heterocycles. The smallest absolute Gasteiger partial charge is 0.372 e. The Bertz CT molecular complexity index is 185. The van der Waals surface area contributed by atoms with E-state index >= 15 is 0 Å². The standard InChI is InChI=1S/C9H14F3NO/c1-2-3-4-8(13)5-6-14-7-9(10,11)12/h1,8H,3-7,13H2. The number of terminal acetylenes is 1. The van der Waals surface area contributed by atoms with Crippen LogP contribution in [-0.4, -0.2) is 25.4 Å². The third kappa shape index (κ3) is 9.36. The zero-order chi connectivity index (χ0) is 11.0. The summed E-state index contributed by atoms with van der Waals surface area (Å²) in [5.74, 6) is 2.41. The van der Waals surface area contributed by atoms with Gasteiger partial charge in [0.15, 0.2) is 0 Å². The molecule has 2 N–H and O–H groups in total. The molecule has 0 aliphatic rings. The summed E-state index contributed by atoms with van der Waals surface area (Å²) in [6, 6.07) is -0.181. The van der Waals surface area contributed by atoms with Crippen LogP contribution in [0.25, 0.3) is 0 Å². The Hall–Kier alpha value is -0.730. The van der Waals surface area contributed by atoms with Crippen LogP contribution in [-0.2, 0) is 4.74 Å². The fourth-order valence-electron chi connectivity index (χ4n) is 0.836. The number of ether oxygens (including phenoxy) is 1. The summed E-state index contributed by atoms with van der Waals surface area (Å²) in [6.45, 7) is -1.19. The second kappa shape index (κ2) is 6.68. The molecular weight excluding hydrogens is 195 g/mol. The van der Waals surface area contributed by atoms with E-state index in [9.17, 15) is 13.2 Å². The third-order valence-electron chi connectivity index (χ3n) is 1.56. The van der Waals surface area contributed by atoms with Gasteiger partial charge in [0.2, 0.25) is 0 Å². The highest BCUT2D eigenvalue weighted by Gasteiger charge is 2.27. The molecule has 0 saturated carbocycles. The number of rotatable bonds is 6. The lowest BCUT2D eigenvalue weighted by Gasteiger charge is -2.11. The van der Waals surface area contributed by atoms with Crippen molar-refractivity contribution in [3.05, 3.63) is 0 Å². The number of hydrogen-bond donors (Lipinski definition) is 1. The Morgan fingerprint density at radius 1 is 1.36 bits per heavy atom. The molecule has 0 aliphatic heterocycles. The highest BCUT2D eigenvalue weighted by molar-refractivity contribution is 4.84. The van der Waals surface area contributed by atoms with Crippen LogP contribution in [0.2, 0.25) is 0 Å². The Kier molecular flexibility index (Phi) is 6.34. The first kappa shape index (κ1) is 13.3. The fraction of sp³-hybridized carbons (Fsp3) is 0.778. The summed E-state index contributed by atoms with van der Waals surface area (Å²) in [6.07, 6.45) is 2.30. The van der Waals surface area contributed by atoms with E-state index in [1.54, 1.807) is 0 Å². The van der Waals surface area contributed by atoms with E-state index < -0.39 is 12.8 Å². The van der Waals surface area contributed by atoms with E-state index in [1.165, 1.54) is 0 Å². The van der Waals surface area contributed by atoms with Gasteiger partial charge in [-0.2, -0.15) is 13.2 Å². The molecule has 0 fully saturated rings. The van der Waals surface area contributed by atoms with E-state index in [0.717, 1.165) is 0 Å². The lowest BCUT2D eigenvalue weighted by molar-refractivity contribution is -0.174. The number of nitrogens with two attached hydrogens (primary N) is 1. The molecule has 0 rings (SSSR count). The SMILES string of the molecule is C#CCCC(N)CCOCC(F)(F)F. The summed E-state index contributed by atoms with van der Waals surface area (Å²) in [5, 5.41) is 0. The minimum absolute atomic E-state index is 0.0191. The molecule has 0 amide bonds. The maximum Gasteiger partial charge on any atom is 0.411 e. The van der Waals surface area contributed by atoms with Crippen molar-refractivity contribution in [1.82, 2.24) is 0 Å². The highest BCUT2D eigenvalue weighted by Crippen LogP contribution is 2.14. The summed E-state index contributed by atoms with van der Waals surface area (Å²) in [7, 11) is 0. The molecule has 2 nitrogen and oxygen atoms in total. The minimum atomic E-state index is -4.26. The van der Waals surface area contributed by atoms with Crippen LogP contribution in [0.15, 0.2) is 0 Å². The Balaban J connectivity index is 3.32. The van der Waals surface area contributed by atoms with Crippen LogP contribution in [0.4, 0.5) is 13.2 Å². The molecule has 0 bridgehead atoms. The zero-order valence-electron chi connectivity index (χ0n) is 7.81. The molecule has 0 aromatic rings. The van der Waals surface area contributed by atoms with Crippen molar-refractivity contribution < 1.29 is 17.9 Å². The summed E-state index contributed by atoms with van der Waals surface area (Å²) < 4.78 is 39.2. The molecule has 0 aromatic heterocycles. The van der Waals surface area contributed by atoms with E-state index in [1.807, 2.05) is 0 Å².